The monoisotopic (exact) mass is 331 g/mol. The molecule has 1 heterocycles. The molecule has 1 aromatic carbocycles. The number of amides is 1. The number of nitrogens with one attached hydrogen (secondary N) is 2. The number of nitrogens with zero attached hydrogens (tertiary/aromatic N) is 1. The first kappa shape index (κ1) is 16.9. The Balaban J connectivity index is 2.04. The number of carbonyl (C=O) groups excluding carboxylic acids is 1. The van der Waals surface area contributed by atoms with Crippen LogP contribution in [0.25, 0.3) is 6.08 Å². The maximum atomic E-state index is 11.8. The predicted molar refractivity (Wildman–Crippen MR) is 89.3 cm³/mol. The average Bonchev–Trinajstić information content (AvgIpc) is 2.53. The third kappa shape index (κ3) is 4.73. The lowest BCUT2D eigenvalue weighted by atomic mass is 10.2. The highest BCUT2D eigenvalue weighted by Gasteiger charge is 2.09. The summed E-state index contributed by atoms with van der Waals surface area (Å²) in [5, 5.41) is 2.66. The van der Waals surface area contributed by atoms with Gasteiger partial charge in [-0.3, -0.25) is 4.79 Å². The van der Waals surface area contributed by atoms with Gasteiger partial charge in [0.2, 0.25) is 15.9 Å². The van der Waals surface area contributed by atoms with Crippen LogP contribution in [-0.4, -0.2) is 26.4 Å². The minimum atomic E-state index is -3.45. The Labute approximate surface area is 135 Å². The SMILES string of the molecule is CNS(=O)(=O)c1ccc(/C=C\C(=O)Nc2cccc(C)n2)cc1. The molecule has 6 nitrogen and oxygen atoms in total. The van der Waals surface area contributed by atoms with Gasteiger partial charge in [-0.2, -0.15) is 0 Å². The van der Waals surface area contributed by atoms with Crippen LogP contribution in [0.4, 0.5) is 5.82 Å². The molecular formula is C16H17N3O3S. The van der Waals surface area contributed by atoms with Crippen LogP contribution in [0, 0.1) is 6.92 Å². The molecule has 2 N–H and O–H groups in total. The molecule has 0 unspecified atom stereocenters. The van der Waals surface area contributed by atoms with Crippen LogP contribution in [0.5, 0.6) is 0 Å². The fourth-order valence-electron chi connectivity index (χ4n) is 1.83. The van der Waals surface area contributed by atoms with Gasteiger partial charge in [0, 0.05) is 11.8 Å². The van der Waals surface area contributed by atoms with Crippen LogP contribution < -0.4 is 10.0 Å². The van der Waals surface area contributed by atoms with Crippen molar-refractivity contribution >= 4 is 27.8 Å². The van der Waals surface area contributed by atoms with Gasteiger partial charge >= 0.3 is 0 Å². The summed E-state index contributed by atoms with van der Waals surface area (Å²) >= 11 is 0. The fraction of sp³-hybridized carbons (Fsp3) is 0.125. The molecular weight excluding hydrogens is 314 g/mol. The molecule has 0 bridgehead atoms. The van der Waals surface area contributed by atoms with Gasteiger partial charge in [-0.1, -0.05) is 18.2 Å². The maximum Gasteiger partial charge on any atom is 0.249 e. The zero-order valence-electron chi connectivity index (χ0n) is 12.8. The summed E-state index contributed by atoms with van der Waals surface area (Å²) in [5.41, 5.74) is 1.53. The van der Waals surface area contributed by atoms with E-state index in [1.807, 2.05) is 19.1 Å². The summed E-state index contributed by atoms with van der Waals surface area (Å²) in [7, 11) is -2.10. The Morgan fingerprint density at radius 1 is 1.13 bits per heavy atom. The molecule has 7 heteroatoms. The summed E-state index contributed by atoms with van der Waals surface area (Å²) in [5.74, 6) is 0.171. The van der Waals surface area contributed by atoms with E-state index < -0.39 is 10.0 Å². The standard InChI is InChI=1S/C16H17N3O3S/c1-12-4-3-5-15(18-12)19-16(20)11-8-13-6-9-14(10-7-13)23(21,22)17-2/h3-11,17H,1-2H3,(H,18,19,20)/b11-8-. The normalized spacial score (nSPS) is 11.6. The van der Waals surface area contributed by atoms with Crippen LogP contribution in [0.15, 0.2) is 53.4 Å². The first-order valence-corrected chi connectivity index (χ1v) is 8.35. The molecule has 2 rings (SSSR count). The predicted octanol–water partition coefficient (Wildman–Crippen LogP) is 1.95. The number of hydrogen-bond donors (Lipinski definition) is 2. The lowest BCUT2D eigenvalue weighted by molar-refractivity contribution is -0.111. The molecule has 0 saturated heterocycles. The molecule has 120 valence electrons. The molecule has 0 aliphatic heterocycles. The van der Waals surface area contributed by atoms with Crippen molar-refractivity contribution in [1.82, 2.24) is 9.71 Å². The van der Waals surface area contributed by atoms with Crippen molar-refractivity contribution in [3.63, 3.8) is 0 Å². The summed E-state index contributed by atoms with van der Waals surface area (Å²) in [6.07, 6.45) is 2.96. The van der Waals surface area contributed by atoms with E-state index in [1.54, 1.807) is 24.3 Å². The average molecular weight is 331 g/mol. The van der Waals surface area contributed by atoms with Crippen molar-refractivity contribution in [2.75, 3.05) is 12.4 Å². The highest BCUT2D eigenvalue weighted by Crippen LogP contribution is 2.11. The second-order valence-corrected chi connectivity index (χ2v) is 6.65. The summed E-state index contributed by atoms with van der Waals surface area (Å²) in [6, 6.07) is 11.6. The zero-order valence-corrected chi connectivity index (χ0v) is 13.6. The van der Waals surface area contributed by atoms with Crippen LogP contribution >= 0.6 is 0 Å². The van der Waals surface area contributed by atoms with E-state index in [9.17, 15) is 13.2 Å². The lowest BCUT2D eigenvalue weighted by Gasteiger charge is -2.03. The van der Waals surface area contributed by atoms with E-state index >= 15 is 0 Å². The second kappa shape index (κ2) is 7.17. The highest BCUT2D eigenvalue weighted by molar-refractivity contribution is 7.89. The van der Waals surface area contributed by atoms with Crippen molar-refractivity contribution in [3.8, 4) is 0 Å². The number of aryl methyl sites for hydroxylation is 1. The highest BCUT2D eigenvalue weighted by atomic mass is 32.2. The van der Waals surface area contributed by atoms with Gasteiger partial charge in [-0.05, 0) is 49.9 Å². The molecule has 0 saturated carbocycles. The third-order valence-corrected chi connectivity index (χ3v) is 4.46. The van der Waals surface area contributed by atoms with E-state index in [1.165, 1.54) is 25.3 Å². The Morgan fingerprint density at radius 2 is 1.83 bits per heavy atom. The number of pyridine rings is 1. The summed E-state index contributed by atoms with van der Waals surface area (Å²) in [6.45, 7) is 1.84. The summed E-state index contributed by atoms with van der Waals surface area (Å²) < 4.78 is 25.5. The van der Waals surface area contributed by atoms with Crippen LogP contribution in [0.1, 0.15) is 11.3 Å². The molecule has 2 aromatic rings. The van der Waals surface area contributed by atoms with Gasteiger partial charge in [0.15, 0.2) is 0 Å². The van der Waals surface area contributed by atoms with Crippen molar-refractivity contribution in [2.24, 2.45) is 0 Å². The van der Waals surface area contributed by atoms with Crippen molar-refractivity contribution in [2.45, 2.75) is 11.8 Å². The van der Waals surface area contributed by atoms with Crippen molar-refractivity contribution < 1.29 is 13.2 Å². The third-order valence-electron chi connectivity index (χ3n) is 3.03. The first-order chi connectivity index (χ1) is 10.9. The maximum absolute atomic E-state index is 11.8. The van der Waals surface area contributed by atoms with Crippen molar-refractivity contribution in [1.29, 1.82) is 0 Å². The number of hydrogen-bond acceptors (Lipinski definition) is 4. The molecule has 0 atom stereocenters. The number of aromatic nitrogens is 1. The van der Waals surface area contributed by atoms with E-state index in [-0.39, 0.29) is 10.8 Å². The van der Waals surface area contributed by atoms with Gasteiger partial charge in [-0.25, -0.2) is 18.1 Å². The van der Waals surface area contributed by atoms with Gasteiger partial charge in [0.05, 0.1) is 4.90 Å². The number of rotatable bonds is 5. The number of carbonyl (C=O) groups is 1. The van der Waals surface area contributed by atoms with E-state index in [4.69, 9.17) is 0 Å². The number of anilines is 1. The molecule has 0 aliphatic rings. The smallest absolute Gasteiger partial charge is 0.249 e. The minimum Gasteiger partial charge on any atom is -0.307 e. The fourth-order valence-corrected chi connectivity index (χ4v) is 2.56. The lowest BCUT2D eigenvalue weighted by Crippen LogP contribution is -2.18. The van der Waals surface area contributed by atoms with E-state index in [0.717, 1.165) is 5.69 Å². The Hall–Kier alpha value is -2.51. The Kier molecular flexibility index (Phi) is 5.25. The quantitative estimate of drug-likeness (QED) is 0.820. The van der Waals surface area contributed by atoms with Gasteiger partial charge in [0.25, 0.3) is 0 Å². The Bertz CT molecular complexity index is 828. The van der Waals surface area contributed by atoms with E-state index in [0.29, 0.717) is 11.4 Å². The molecule has 23 heavy (non-hydrogen) atoms. The number of sulfonamides is 1. The molecule has 0 aliphatic carbocycles. The zero-order chi connectivity index (χ0) is 16.9. The molecule has 0 radical (unpaired) electrons. The van der Waals surface area contributed by atoms with Crippen LogP contribution in [-0.2, 0) is 14.8 Å². The van der Waals surface area contributed by atoms with Crippen LogP contribution in [0.3, 0.4) is 0 Å². The van der Waals surface area contributed by atoms with Gasteiger partial charge in [-0.15, -0.1) is 0 Å². The molecule has 1 amide bonds. The molecule has 0 fully saturated rings. The topological polar surface area (TPSA) is 88.2 Å². The minimum absolute atomic E-state index is 0.172. The second-order valence-electron chi connectivity index (χ2n) is 4.76. The van der Waals surface area contributed by atoms with Gasteiger partial charge < -0.3 is 5.32 Å². The first-order valence-electron chi connectivity index (χ1n) is 6.87. The summed E-state index contributed by atoms with van der Waals surface area (Å²) in [4.78, 5) is 16.2. The molecule has 1 aromatic heterocycles. The van der Waals surface area contributed by atoms with Gasteiger partial charge in [0.1, 0.15) is 5.82 Å². The largest absolute Gasteiger partial charge is 0.307 e. The Morgan fingerprint density at radius 3 is 2.43 bits per heavy atom. The van der Waals surface area contributed by atoms with E-state index in [2.05, 4.69) is 15.0 Å². The van der Waals surface area contributed by atoms with Crippen molar-refractivity contribution in [3.05, 3.63) is 59.8 Å². The van der Waals surface area contributed by atoms with Crippen LogP contribution in [0.2, 0.25) is 0 Å². The molecule has 0 spiro atoms. The number of benzene rings is 1.